The van der Waals surface area contributed by atoms with E-state index in [2.05, 4.69) is 15.9 Å². The molecule has 1 fully saturated rings. The number of carbonyl (C=O) groups is 2. The molecule has 0 radical (unpaired) electrons. The maximum atomic E-state index is 13.3. The SMILES string of the molecule is COc1ccc(/C(O)=C2/C(=O)C(=O)N(Cc3ccc(F)cc3)C2c2ccccc2)cc1Br. The molecule has 3 aromatic rings. The highest BCUT2D eigenvalue weighted by atomic mass is 79.9. The average Bonchev–Trinajstić information content (AvgIpc) is 3.05. The first kappa shape index (κ1) is 21.8. The fourth-order valence-electron chi connectivity index (χ4n) is 3.78. The number of aliphatic hydroxyl groups excluding tert-OH is 1. The zero-order chi connectivity index (χ0) is 22.8. The van der Waals surface area contributed by atoms with Crippen LogP contribution in [0.3, 0.4) is 0 Å². The second kappa shape index (κ2) is 8.96. The van der Waals surface area contributed by atoms with Crippen LogP contribution in [-0.4, -0.2) is 28.8 Å². The third kappa shape index (κ3) is 4.03. The molecule has 32 heavy (non-hydrogen) atoms. The van der Waals surface area contributed by atoms with Crippen molar-refractivity contribution >= 4 is 33.4 Å². The number of amides is 1. The summed E-state index contributed by atoms with van der Waals surface area (Å²) in [5.74, 6) is -1.59. The maximum Gasteiger partial charge on any atom is 0.295 e. The average molecular weight is 496 g/mol. The Bertz CT molecular complexity index is 1210. The van der Waals surface area contributed by atoms with Crippen LogP contribution in [0.4, 0.5) is 4.39 Å². The Labute approximate surface area is 192 Å². The Morgan fingerprint density at radius 3 is 2.38 bits per heavy atom. The molecule has 0 aromatic heterocycles. The van der Waals surface area contributed by atoms with Crippen LogP contribution in [0.2, 0.25) is 0 Å². The van der Waals surface area contributed by atoms with Crippen molar-refractivity contribution in [2.24, 2.45) is 0 Å². The van der Waals surface area contributed by atoms with Crippen molar-refractivity contribution in [3.8, 4) is 5.75 Å². The van der Waals surface area contributed by atoms with Gasteiger partial charge in [-0.2, -0.15) is 0 Å². The topological polar surface area (TPSA) is 66.8 Å². The van der Waals surface area contributed by atoms with Crippen molar-refractivity contribution in [1.29, 1.82) is 0 Å². The van der Waals surface area contributed by atoms with Crippen molar-refractivity contribution in [3.63, 3.8) is 0 Å². The predicted octanol–water partition coefficient (Wildman–Crippen LogP) is 5.22. The third-order valence-electron chi connectivity index (χ3n) is 5.35. The number of hydrogen-bond acceptors (Lipinski definition) is 4. The highest BCUT2D eigenvalue weighted by molar-refractivity contribution is 9.10. The Hall–Kier alpha value is -3.45. The zero-order valence-electron chi connectivity index (χ0n) is 17.1. The minimum Gasteiger partial charge on any atom is -0.507 e. The van der Waals surface area contributed by atoms with Crippen LogP contribution in [0.15, 0.2) is 82.8 Å². The lowest BCUT2D eigenvalue weighted by Crippen LogP contribution is -2.29. The van der Waals surface area contributed by atoms with Crippen LogP contribution in [0.25, 0.3) is 5.76 Å². The Morgan fingerprint density at radius 2 is 1.75 bits per heavy atom. The van der Waals surface area contributed by atoms with Crippen molar-refractivity contribution in [1.82, 2.24) is 4.90 Å². The van der Waals surface area contributed by atoms with Crippen LogP contribution in [0.5, 0.6) is 5.75 Å². The van der Waals surface area contributed by atoms with E-state index < -0.39 is 17.7 Å². The van der Waals surface area contributed by atoms with E-state index in [1.165, 1.54) is 24.1 Å². The standard InChI is InChI=1S/C25H19BrFNO4/c1-32-20-12-9-17(13-19(20)26)23(29)21-22(16-5-3-2-4-6-16)28(25(31)24(21)30)14-15-7-10-18(27)11-8-15/h2-13,22,29H,14H2,1H3/b23-21-. The van der Waals surface area contributed by atoms with Crippen molar-refractivity contribution in [2.75, 3.05) is 7.11 Å². The largest absolute Gasteiger partial charge is 0.507 e. The molecule has 1 aliphatic heterocycles. The van der Waals surface area contributed by atoms with E-state index in [9.17, 15) is 19.1 Å². The van der Waals surface area contributed by atoms with Crippen molar-refractivity contribution in [2.45, 2.75) is 12.6 Å². The molecule has 1 saturated heterocycles. The first-order valence-electron chi connectivity index (χ1n) is 9.82. The van der Waals surface area contributed by atoms with Crippen LogP contribution in [-0.2, 0) is 16.1 Å². The molecule has 162 valence electrons. The molecular formula is C25H19BrFNO4. The minimum atomic E-state index is -0.790. The number of hydrogen-bond donors (Lipinski definition) is 1. The summed E-state index contributed by atoms with van der Waals surface area (Å²) in [5, 5.41) is 11.1. The molecule has 1 amide bonds. The van der Waals surface area contributed by atoms with Gasteiger partial charge in [0.2, 0.25) is 0 Å². The molecule has 1 unspecified atom stereocenters. The van der Waals surface area contributed by atoms with Gasteiger partial charge in [-0.3, -0.25) is 9.59 Å². The first-order chi connectivity index (χ1) is 15.4. The van der Waals surface area contributed by atoms with Gasteiger partial charge in [0, 0.05) is 12.1 Å². The molecule has 1 N–H and O–H groups in total. The Kier molecular flexibility index (Phi) is 6.10. The number of methoxy groups -OCH3 is 1. The second-order valence-electron chi connectivity index (χ2n) is 7.31. The normalized spacial score (nSPS) is 17.6. The summed E-state index contributed by atoms with van der Waals surface area (Å²) in [6.07, 6.45) is 0. The summed E-state index contributed by atoms with van der Waals surface area (Å²) in [7, 11) is 1.52. The fraction of sp³-hybridized carbons (Fsp3) is 0.120. The molecule has 1 atom stereocenters. The number of nitrogens with zero attached hydrogens (tertiary/aromatic N) is 1. The van der Waals surface area contributed by atoms with E-state index in [0.29, 0.717) is 26.9 Å². The lowest BCUT2D eigenvalue weighted by Gasteiger charge is -2.25. The van der Waals surface area contributed by atoms with Crippen LogP contribution in [0.1, 0.15) is 22.7 Å². The van der Waals surface area contributed by atoms with Gasteiger partial charge in [0.1, 0.15) is 17.3 Å². The smallest absolute Gasteiger partial charge is 0.295 e. The van der Waals surface area contributed by atoms with Gasteiger partial charge in [-0.1, -0.05) is 42.5 Å². The lowest BCUT2D eigenvalue weighted by atomic mass is 9.95. The number of ketones is 1. The summed E-state index contributed by atoms with van der Waals surface area (Å²) >= 11 is 3.38. The number of ether oxygens (including phenoxy) is 1. The molecular weight excluding hydrogens is 477 g/mol. The van der Waals surface area contributed by atoms with E-state index in [1.54, 1.807) is 54.6 Å². The highest BCUT2D eigenvalue weighted by Crippen LogP contribution is 2.41. The van der Waals surface area contributed by atoms with Gasteiger partial charge in [-0.25, -0.2) is 4.39 Å². The third-order valence-corrected chi connectivity index (χ3v) is 5.97. The van der Waals surface area contributed by atoms with E-state index in [-0.39, 0.29) is 23.7 Å². The summed E-state index contributed by atoms with van der Waals surface area (Å²) in [4.78, 5) is 27.5. The lowest BCUT2D eigenvalue weighted by molar-refractivity contribution is -0.140. The molecule has 0 saturated carbocycles. The minimum absolute atomic E-state index is 0.000350. The quantitative estimate of drug-likeness (QED) is 0.299. The summed E-state index contributed by atoms with van der Waals surface area (Å²) < 4.78 is 19.2. The molecule has 4 rings (SSSR count). The van der Waals surface area contributed by atoms with E-state index >= 15 is 0 Å². The molecule has 1 aliphatic rings. The maximum absolute atomic E-state index is 13.3. The number of halogens is 2. The first-order valence-corrected chi connectivity index (χ1v) is 10.6. The van der Waals surface area contributed by atoms with Gasteiger partial charge < -0.3 is 14.7 Å². The second-order valence-corrected chi connectivity index (χ2v) is 8.17. The van der Waals surface area contributed by atoms with Crippen molar-refractivity contribution in [3.05, 3.63) is 105 Å². The monoisotopic (exact) mass is 495 g/mol. The van der Waals surface area contributed by atoms with Gasteiger partial charge in [-0.15, -0.1) is 0 Å². The highest BCUT2D eigenvalue weighted by Gasteiger charge is 2.46. The van der Waals surface area contributed by atoms with Crippen LogP contribution >= 0.6 is 15.9 Å². The van der Waals surface area contributed by atoms with Gasteiger partial charge in [0.15, 0.2) is 0 Å². The Morgan fingerprint density at radius 1 is 1.06 bits per heavy atom. The van der Waals surface area contributed by atoms with Gasteiger partial charge >= 0.3 is 0 Å². The van der Waals surface area contributed by atoms with Gasteiger partial charge in [-0.05, 0) is 57.4 Å². The zero-order valence-corrected chi connectivity index (χ0v) is 18.7. The predicted molar refractivity (Wildman–Crippen MR) is 121 cm³/mol. The number of benzene rings is 3. The molecule has 5 nitrogen and oxygen atoms in total. The van der Waals surface area contributed by atoms with E-state index in [1.807, 2.05) is 6.07 Å². The molecule has 1 heterocycles. The summed E-state index contributed by atoms with van der Waals surface area (Å²) in [6.45, 7) is 0.0908. The Balaban J connectivity index is 1.84. The molecule has 0 spiro atoms. The number of carbonyl (C=O) groups excluding carboxylic acids is 2. The number of rotatable bonds is 5. The van der Waals surface area contributed by atoms with Crippen LogP contribution < -0.4 is 4.74 Å². The van der Waals surface area contributed by atoms with Crippen molar-refractivity contribution < 1.29 is 23.8 Å². The molecule has 0 bridgehead atoms. The summed E-state index contributed by atoms with van der Waals surface area (Å²) in [6, 6.07) is 18.9. The fourth-order valence-corrected chi connectivity index (χ4v) is 4.32. The number of likely N-dealkylation sites (tertiary alicyclic amines) is 1. The van der Waals surface area contributed by atoms with Gasteiger partial charge in [0.05, 0.1) is 23.2 Å². The van der Waals surface area contributed by atoms with E-state index in [4.69, 9.17) is 4.74 Å². The number of aliphatic hydroxyl groups is 1. The molecule has 3 aromatic carbocycles. The molecule has 0 aliphatic carbocycles. The molecule has 7 heteroatoms. The van der Waals surface area contributed by atoms with Gasteiger partial charge in [0.25, 0.3) is 11.7 Å². The number of Topliss-reactive ketones (excluding diaryl/α,β-unsaturated/α-hetero) is 1. The van der Waals surface area contributed by atoms with E-state index in [0.717, 1.165) is 0 Å². The van der Waals surface area contributed by atoms with Crippen LogP contribution in [0, 0.1) is 5.82 Å². The summed E-state index contributed by atoms with van der Waals surface area (Å²) in [5.41, 5.74) is 1.73.